The van der Waals surface area contributed by atoms with Crippen LogP contribution in [0.5, 0.6) is 11.6 Å². The van der Waals surface area contributed by atoms with Crippen LogP contribution in [0.15, 0.2) is 6.07 Å². The fourth-order valence-corrected chi connectivity index (χ4v) is 0.764. The summed E-state index contributed by atoms with van der Waals surface area (Å²) in [4.78, 5) is 3.76. The first-order valence-electron chi connectivity index (χ1n) is 3.15. The van der Waals surface area contributed by atoms with Gasteiger partial charge in [-0.05, 0) is 12.5 Å². The van der Waals surface area contributed by atoms with Gasteiger partial charge in [0.15, 0.2) is 11.6 Å². The Balaban J connectivity index is 3.21. The highest BCUT2D eigenvalue weighted by atomic mass is 16.5. The summed E-state index contributed by atoms with van der Waals surface area (Å²) in [5.41, 5.74) is 6.02. The lowest BCUT2D eigenvalue weighted by molar-refractivity contribution is 0.394. The monoisotopic (exact) mass is 154 g/mol. The van der Waals surface area contributed by atoms with Crippen molar-refractivity contribution in [2.75, 3.05) is 12.8 Å². The lowest BCUT2D eigenvalue weighted by Crippen LogP contribution is -1.95. The molecule has 0 amide bonds. The summed E-state index contributed by atoms with van der Waals surface area (Å²) in [5, 5.41) is 9.18. The molecule has 0 radical (unpaired) electrons. The first-order chi connectivity index (χ1) is 5.15. The quantitative estimate of drug-likeness (QED) is 0.624. The Hall–Kier alpha value is -1.45. The third-order valence-electron chi connectivity index (χ3n) is 1.40. The Bertz CT molecular complexity index is 250. The lowest BCUT2D eigenvalue weighted by atomic mass is 10.2. The van der Waals surface area contributed by atoms with Crippen LogP contribution in [-0.2, 0) is 0 Å². The third-order valence-corrected chi connectivity index (χ3v) is 1.40. The number of rotatable bonds is 1. The zero-order valence-electron chi connectivity index (χ0n) is 6.46. The van der Waals surface area contributed by atoms with Crippen molar-refractivity contribution in [3.05, 3.63) is 11.6 Å². The molecular weight excluding hydrogens is 144 g/mol. The van der Waals surface area contributed by atoms with Crippen LogP contribution in [0.3, 0.4) is 0 Å². The predicted molar refractivity (Wildman–Crippen MR) is 41.6 cm³/mol. The molecule has 1 rings (SSSR count). The molecule has 0 saturated carbocycles. The van der Waals surface area contributed by atoms with E-state index in [4.69, 9.17) is 10.5 Å². The molecular formula is C7H10N2O2. The van der Waals surface area contributed by atoms with E-state index in [1.54, 1.807) is 13.0 Å². The van der Waals surface area contributed by atoms with Gasteiger partial charge in [0.25, 0.3) is 0 Å². The van der Waals surface area contributed by atoms with E-state index in [1.165, 1.54) is 7.11 Å². The molecule has 1 aromatic rings. The molecule has 0 spiro atoms. The molecule has 0 saturated heterocycles. The molecule has 4 heteroatoms. The Kier molecular flexibility index (Phi) is 1.85. The number of anilines is 1. The minimum absolute atomic E-state index is 0.0193. The number of methoxy groups -OCH3 is 1. The van der Waals surface area contributed by atoms with Gasteiger partial charge in [-0.25, -0.2) is 0 Å². The molecule has 1 aromatic heterocycles. The van der Waals surface area contributed by atoms with Crippen LogP contribution < -0.4 is 10.5 Å². The first-order valence-corrected chi connectivity index (χ1v) is 3.15. The van der Waals surface area contributed by atoms with Gasteiger partial charge < -0.3 is 15.6 Å². The van der Waals surface area contributed by atoms with Gasteiger partial charge in [0.1, 0.15) is 0 Å². The number of nitrogens with zero attached hydrogens (tertiary/aromatic N) is 1. The van der Waals surface area contributed by atoms with Gasteiger partial charge in [0.05, 0.1) is 7.11 Å². The summed E-state index contributed by atoms with van der Waals surface area (Å²) in [6, 6.07) is 1.62. The number of nitrogen functional groups attached to an aromatic ring is 1. The van der Waals surface area contributed by atoms with Crippen molar-refractivity contribution in [3.63, 3.8) is 0 Å². The SMILES string of the molecule is COc1cc(C)c(O)c(N)n1. The second-order valence-electron chi connectivity index (χ2n) is 2.22. The number of nitrogens with two attached hydrogens (primary N) is 1. The molecule has 60 valence electrons. The molecule has 0 fully saturated rings. The smallest absolute Gasteiger partial charge is 0.215 e. The summed E-state index contributed by atoms with van der Waals surface area (Å²) in [7, 11) is 1.50. The van der Waals surface area contributed by atoms with Crippen LogP contribution in [0.1, 0.15) is 5.56 Å². The lowest BCUT2D eigenvalue weighted by Gasteiger charge is -2.04. The maximum absolute atomic E-state index is 9.18. The van der Waals surface area contributed by atoms with E-state index in [1.807, 2.05) is 0 Å². The normalized spacial score (nSPS) is 9.64. The molecule has 0 aromatic carbocycles. The van der Waals surface area contributed by atoms with Crippen molar-refractivity contribution < 1.29 is 9.84 Å². The third kappa shape index (κ3) is 1.34. The number of aromatic hydroxyl groups is 1. The maximum atomic E-state index is 9.18. The van der Waals surface area contributed by atoms with Gasteiger partial charge in [-0.2, -0.15) is 4.98 Å². The van der Waals surface area contributed by atoms with Gasteiger partial charge in [0.2, 0.25) is 5.88 Å². The highest BCUT2D eigenvalue weighted by molar-refractivity contribution is 5.51. The van der Waals surface area contributed by atoms with E-state index >= 15 is 0 Å². The number of hydrogen-bond acceptors (Lipinski definition) is 4. The molecule has 0 unspecified atom stereocenters. The second kappa shape index (κ2) is 2.65. The van der Waals surface area contributed by atoms with Crippen molar-refractivity contribution >= 4 is 5.82 Å². The number of aryl methyl sites for hydroxylation is 1. The Morgan fingerprint density at radius 1 is 1.64 bits per heavy atom. The van der Waals surface area contributed by atoms with Crippen molar-refractivity contribution in [1.82, 2.24) is 4.98 Å². The Morgan fingerprint density at radius 3 is 2.73 bits per heavy atom. The van der Waals surface area contributed by atoms with Crippen LogP contribution in [0.2, 0.25) is 0 Å². The summed E-state index contributed by atoms with van der Waals surface area (Å²) in [5.74, 6) is 0.533. The zero-order valence-corrected chi connectivity index (χ0v) is 6.46. The van der Waals surface area contributed by atoms with Gasteiger partial charge in [0, 0.05) is 6.07 Å². The molecule has 3 N–H and O–H groups in total. The van der Waals surface area contributed by atoms with E-state index in [0.717, 1.165) is 0 Å². The predicted octanol–water partition coefficient (Wildman–Crippen LogP) is 0.686. The first kappa shape index (κ1) is 7.65. The van der Waals surface area contributed by atoms with Crippen LogP contribution in [0.25, 0.3) is 0 Å². The van der Waals surface area contributed by atoms with Crippen molar-refractivity contribution in [1.29, 1.82) is 0 Å². The van der Waals surface area contributed by atoms with E-state index in [9.17, 15) is 5.11 Å². The van der Waals surface area contributed by atoms with E-state index in [2.05, 4.69) is 4.98 Å². The summed E-state index contributed by atoms with van der Waals surface area (Å²) in [6.45, 7) is 1.73. The number of hydrogen-bond donors (Lipinski definition) is 2. The highest BCUT2D eigenvalue weighted by Crippen LogP contribution is 2.25. The molecule has 1 heterocycles. The van der Waals surface area contributed by atoms with Crippen LogP contribution >= 0.6 is 0 Å². The Labute approximate surface area is 64.6 Å². The average Bonchev–Trinajstić information content (AvgIpc) is 1.99. The summed E-state index contributed by atoms with van der Waals surface area (Å²) < 4.78 is 4.83. The highest BCUT2D eigenvalue weighted by Gasteiger charge is 2.04. The molecule has 0 bridgehead atoms. The number of aromatic nitrogens is 1. The molecule has 0 aliphatic carbocycles. The van der Waals surface area contributed by atoms with Crippen LogP contribution in [-0.4, -0.2) is 17.2 Å². The molecule has 4 nitrogen and oxygen atoms in total. The number of pyridine rings is 1. The van der Waals surface area contributed by atoms with Gasteiger partial charge in [-0.3, -0.25) is 0 Å². The molecule has 0 atom stereocenters. The second-order valence-corrected chi connectivity index (χ2v) is 2.22. The van der Waals surface area contributed by atoms with Crippen LogP contribution in [0.4, 0.5) is 5.82 Å². The van der Waals surface area contributed by atoms with Gasteiger partial charge in [-0.15, -0.1) is 0 Å². The summed E-state index contributed by atoms with van der Waals surface area (Å²) in [6.07, 6.45) is 0. The van der Waals surface area contributed by atoms with E-state index in [-0.39, 0.29) is 11.6 Å². The van der Waals surface area contributed by atoms with Gasteiger partial charge >= 0.3 is 0 Å². The molecule has 0 aliphatic rings. The molecule has 0 aliphatic heterocycles. The fourth-order valence-electron chi connectivity index (χ4n) is 0.764. The van der Waals surface area contributed by atoms with E-state index < -0.39 is 0 Å². The summed E-state index contributed by atoms with van der Waals surface area (Å²) >= 11 is 0. The Morgan fingerprint density at radius 2 is 2.27 bits per heavy atom. The number of ether oxygens (including phenoxy) is 1. The topological polar surface area (TPSA) is 68.4 Å². The van der Waals surface area contributed by atoms with Crippen LogP contribution in [0, 0.1) is 6.92 Å². The fraction of sp³-hybridized carbons (Fsp3) is 0.286. The van der Waals surface area contributed by atoms with Crippen molar-refractivity contribution in [3.8, 4) is 11.6 Å². The molecule has 11 heavy (non-hydrogen) atoms. The minimum Gasteiger partial charge on any atom is -0.504 e. The van der Waals surface area contributed by atoms with Crippen molar-refractivity contribution in [2.45, 2.75) is 6.92 Å². The zero-order chi connectivity index (χ0) is 8.43. The van der Waals surface area contributed by atoms with Crippen molar-refractivity contribution in [2.24, 2.45) is 0 Å². The standard InChI is InChI=1S/C7H10N2O2/c1-4-3-5(11-2)9-7(8)6(4)10/h3,10H,1-2H3,(H2,8,9). The minimum atomic E-state index is 0.0193. The largest absolute Gasteiger partial charge is 0.504 e. The average molecular weight is 154 g/mol. The van der Waals surface area contributed by atoms with E-state index in [0.29, 0.717) is 11.4 Å². The maximum Gasteiger partial charge on any atom is 0.215 e. The van der Waals surface area contributed by atoms with Gasteiger partial charge in [-0.1, -0.05) is 0 Å².